The van der Waals surface area contributed by atoms with Gasteiger partial charge in [-0.05, 0) is 73.9 Å². The standard InChI is InChI=1S/C25H23N7/c1-16-13-20(14-17(2)18(16)3)28-24-27-12-10-23(31-24)32-22-9-5-4-8-21(22)30-25(32)29-19-7-6-11-26-15-19/h4-15H,1-3H3,(H,29,30)(H,27,28,31). The van der Waals surface area contributed by atoms with Gasteiger partial charge in [0.1, 0.15) is 5.82 Å². The molecule has 0 fully saturated rings. The number of hydrogen-bond donors (Lipinski definition) is 2. The third kappa shape index (κ3) is 3.76. The first kappa shape index (κ1) is 19.7. The van der Waals surface area contributed by atoms with Crippen LogP contribution in [0.3, 0.4) is 0 Å². The Morgan fingerprint density at radius 1 is 0.781 bits per heavy atom. The van der Waals surface area contributed by atoms with Crippen LogP contribution >= 0.6 is 0 Å². The molecule has 0 atom stereocenters. The molecule has 7 nitrogen and oxygen atoms in total. The monoisotopic (exact) mass is 421 g/mol. The van der Waals surface area contributed by atoms with E-state index in [-0.39, 0.29) is 0 Å². The van der Waals surface area contributed by atoms with Gasteiger partial charge in [-0.3, -0.25) is 9.55 Å². The topological polar surface area (TPSA) is 80.5 Å². The number of nitrogens with zero attached hydrogens (tertiary/aromatic N) is 5. The molecule has 2 aromatic carbocycles. The van der Waals surface area contributed by atoms with E-state index in [2.05, 4.69) is 53.5 Å². The summed E-state index contributed by atoms with van der Waals surface area (Å²) < 4.78 is 1.99. The second-order valence-corrected chi connectivity index (χ2v) is 7.72. The molecule has 0 radical (unpaired) electrons. The molecule has 5 rings (SSSR count). The molecule has 0 saturated carbocycles. The molecule has 3 aromatic heterocycles. The molecule has 0 spiro atoms. The second-order valence-electron chi connectivity index (χ2n) is 7.72. The van der Waals surface area contributed by atoms with E-state index in [0.717, 1.165) is 22.4 Å². The Kier molecular flexibility index (Phi) is 4.99. The molecule has 2 N–H and O–H groups in total. The predicted molar refractivity (Wildman–Crippen MR) is 128 cm³/mol. The molecule has 0 bridgehead atoms. The van der Waals surface area contributed by atoms with E-state index >= 15 is 0 Å². The van der Waals surface area contributed by atoms with Gasteiger partial charge < -0.3 is 10.6 Å². The molecule has 0 aliphatic rings. The van der Waals surface area contributed by atoms with Gasteiger partial charge in [0.25, 0.3) is 0 Å². The van der Waals surface area contributed by atoms with Crippen molar-refractivity contribution >= 4 is 34.3 Å². The minimum Gasteiger partial charge on any atom is -0.324 e. The highest BCUT2D eigenvalue weighted by molar-refractivity contribution is 5.82. The van der Waals surface area contributed by atoms with Crippen molar-refractivity contribution in [1.29, 1.82) is 0 Å². The Labute approximate surface area is 186 Å². The number of aromatic nitrogens is 5. The van der Waals surface area contributed by atoms with Crippen LogP contribution < -0.4 is 10.6 Å². The first-order valence-electron chi connectivity index (χ1n) is 10.4. The van der Waals surface area contributed by atoms with Crippen LogP contribution in [0.2, 0.25) is 0 Å². The van der Waals surface area contributed by atoms with Gasteiger partial charge in [0, 0.05) is 24.1 Å². The second kappa shape index (κ2) is 8.11. The van der Waals surface area contributed by atoms with Crippen molar-refractivity contribution in [3.05, 3.63) is 89.9 Å². The molecule has 7 heteroatoms. The van der Waals surface area contributed by atoms with Crippen molar-refractivity contribution in [1.82, 2.24) is 24.5 Å². The van der Waals surface area contributed by atoms with Crippen molar-refractivity contribution in [2.75, 3.05) is 10.6 Å². The van der Waals surface area contributed by atoms with Crippen LogP contribution in [0.5, 0.6) is 0 Å². The number of imidazole rings is 1. The lowest BCUT2D eigenvalue weighted by Crippen LogP contribution is -2.06. The van der Waals surface area contributed by atoms with Crippen molar-refractivity contribution in [2.24, 2.45) is 0 Å². The van der Waals surface area contributed by atoms with E-state index in [9.17, 15) is 0 Å². The predicted octanol–water partition coefficient (Wildman–Crippen LogP) is 5.62. The summed E-state index contributed by atoms with van der Waals surface area (Å²) in [6.07, 6.45) is 5.25. The van der Waals surface area contributed by atoms with Crippen molar-refractivity contribution in [3.8, 4) is 5.82 Å². The van der Waals surface area contributed by atoms with Crippen LogP contribution in [0.15, 0.2) is 73.2 Å². The maximum Gasteiger partial charge on any atom is 0.229 e. The number of para-hydroxylation sites is 2. The minimum atomic E-state index is 0.523. The van der Waals surface area contributed by atoms with E-state index < -0.39 is 0 Å². The molecule has 0 unspecified atom stereocenters. The fourth-order valence-corrected chi connectivity index (χ4v) is 3.68. The van der Waals surface area contributed by atoms with Crippen LogP contribution in [0, 0.1) is 20.8 Å². The Morgan fingerprint density at radius 2 is 1.59 bits per heavy atom. The number of benzene rings is 2. The highest BCUT2D eigenvalue weighted by atomic mass is 15.3. The van der Waals surface area contributed by atoms with Crippen molar-refractivity contribution in [2.45, 2.75) is 20.8 Å². The number of fused-ring (bicyclic) bond motifs is 1. The van der Waals surface area contributed by atoms with Crippen LogP contribution in [0.25, 0.3) is 16.9 Å². The zero-order valence-corrected chi connectivity index (χ0v) is 18.2. The number of aryl methyl sites for hydroxylation is 2. The molecule has 32 heavy (non-hydrogen) atoms. The Morgan fingerprint density at radius 3 is 2.38 bits per heavy atom. The van der Waals surface area contributed by atoms with E-state index in [1.165, 1.54) is 16.7 Å². The summed E-state index contributed by atoms with van der Waals surface area (Å²) in [5.74, 6) is 1.89. The average Bonchev–Trinajstić information content (AvgIpc) is 3.16. The summed E-state index contributed by atoms with van der Waals surface area (Å²) in [7, 11) is 0. The molecule has 0 saturated heterocycles. The average molecular weight is 422 g/mol. The van der Waals surface area contributed by atoms with Gasteiger partial charge in [-0.2, -0.15) is 4.98 Å². The van der Waals surface area contributed by atoms with Gasteiger partial charge >= 0.3 is 0 Å². The summed E-state index contributed by atoms with van der Waals surface area (Å²) in [6.45, 7) is 6.35. The van der Waals surface area contributed by atoms with Crippen LogP contribution in [-0.2, 0) is 0 Å². The Balaban J connectivity index is 1.56. The van der Waals surface area contributed by atoms with Gasteiger partial charge in [0.05, 0.1) is 22.9 Å². The van der Waals surface area contributed by atoms with E-state index in [4.69, 9.17) is 9.97 Å². The SMILES string of the molecule is Cc1cc(Nc2nccc(-n3c(Nc4cccnc4)nc4ccccc43)n2)cc(C)c1C. The fraction of sp³-hybridized carbons (Fsp3) is 0.120. The summed E-state index contributed by atoms with van der Waals surface area (Å²) in [4.78, 5) is 18.2. The third-order valence-corrected chi connectivity index (χ3v) is 5.53. The minimum absolute atomic E-state index is 0.523. The lowest BCUT2D eigenvalue weighted by Gasteiger charge is -2.13. The maximum absolute atomic E-state index is 4.79. The zero-order chi connectivity index (χ0) is 22.1. The molecule has 158 valence electrons. The van der Waals surface area contributed by atoms with Crippen molar-refractivity contribution in [3.63, 3.8) is 0 Å². The Hall–Kier alpha value is -4.26. The molecule has 3 heterocycles. The van der Waals surface area contributed by atoms with E-state index in [1.54, 1.807) is 18.6 Å². The van der Waals surface area contributed by atoms with Crippen LogP contribution in [0.4, 0.5) is 23.3 Å². The smallest absolute Gasteiger partial charge is 0.229 e. The number of hydrogen-bond acceptors (Lipinski definition) is 6. The lowest BCUT2D eigenvalue weighted by molar-refractivity contribution is 1.00. The zero-order valence-electron chi connectivity index (χ0n) is 18.2. The van der Waals surface area contributed by atoms with Gasteiger partial charge in [-0.1, -0.05) is 12.1 Å². The highest BCUT2D eigenvalue weighted by Gasteiger charge is 2.14. The van der Waals surface area contributed by atoms with Crippen molar-refractivity contribution < 1.29 is 0 Å². The van der Waals surface area contributed by atoms with Gasteiger partial charge in [-0.15, -0.1) is 0 Å². The normalized spacial score (nSPS) is 11.0. The number of pyridine rings is 1. The highest BCUT2D eigenvalue weighted by Crippen LogP contribution is 2.27. The third-order valence-electron chi connectivity index (χ3n) is 5.53. The van der Waals surface area contributed by atoms with Crippen LogP contribution in [0.1, 0.15) is 16.7 Å². The Bertz CT molecular complexity index is 1380. The first-order chi connectivity index (χ1) is 15.6. The molecule has 5 aromatic rings. The fourth-order valence-electron chi connectivity index (χ4n) is 3.68. The molecular formula is C25H23N7. The largest absolute Gasteiger partial charge is 0.324 e. The van der Waals surface area contributed by atoms with Gasteiger partial charge in [-0.25, -0.2) is 9.97 Å². The molecular weight excluding hydrogens is 398 g/mol. The van der Waals surface area contributed by atoms with Crippen LogP contribution in [-0.4, -0.2) is 24.5 Å². The summed E-state index contributed by atoms with van der Waals surface area (Å²) >= 11 is 0. The van der Waals surface area contributed by atoms with Gasteiger partial charge in [0.2, 0.25) is 11.9 Å². The summed E-state index contributed by atoms with van der Waals surface area (Å²) in [6, 6.07) is 17.9. The van der Waals surface area contributed by atoms with E-state index in [0.29, 0.717) is 17.7 Å². The summed E-state index contributed by atoms with van der Waals surface area (Å²) in [5, 5.41) is 6.71. The molecule has 0 aliphatic heterocycles. The van der Waals surface area contributed by atoms with E-state index in [1.807, 2.05) is 47.0 Å². The number of nitrogens with one attached hydrogen (secondary N) is 2. The van der Waals surface area contributed by atoms with Gasteiger partial charge in [0.15, 0.2) is 0 Å². The quantitative estimate of drug-likeness (QED) is 0.383. The number of anilines is 4. The maximum atomic E-state index is 4.79. The molecule has 0 aliphatic carbocycles. The summed E-state index contributed by atoms with van der Waals surface area (Å²) in [5.41, 5.74) is 7.39. The first-order valence-corrected chi connectivity index (χ1v) is 10.4. The molecule has 0 amide bonds. The lowest BCUT2D eigenvalue weighted by atomic mass is 10.0. The number of rotatable bonds is 5.